The van der Waals surface area contributed by atoms with Crippen molar-refractivity contribution in [2.75, 3.05) is 6.54 Å². The van der Waals surface area contributed by atoms with E-state index < -0.39 is 12.2 Å². The van der Waals surface area contributed by atoms with Crippen LogP contribution in [0.1, 0.15) is 44.1 Å². The van der Waals surface area contributed by atoms with Crippen molar-refractivity contribution in [1.82, 2.24) is 14.8 Å². The van der Waals surface area contributed by atoms with Gasteiger partial charge in [-0.25, -0.2) is 0 Å². The number of carbonyl (C=O) groups excluding carboxylic acids is 1. The van der Waals surface area contributed by atoms with Crippen LogP contribution in [0.15, 0.2) is 48.7 Å². The molecule has 6 nitrogen and oxygen atoms in total. The van der Waals surface area contributed by atoms with Gasteiger partial charge in [-0.2, -0.15) is 0 Å². The highest BCUT2D eigenvalue weighted by atomic mass is 32.1. The molecule has 2 aliphatic carbocycles. The number of pyridine rings is 1. The molecule has 0 radical (unpaired) electrons. The standard InChI is InChI=1S/C27H31N3O3S/c31-22-14-20-23-24(25(22)33-26(20)32)30(27(34)29(23)15-17-6-2-1-3-7-17)16-18-9-11-19(12-10-18)21-8-4-5-13-28-21/h4-5,8-13,17,20,22-25,31H,1-3,6-7,14-16H2. The van der Waals surface area contributed by atoms with Gasteiger partial charge in [-0.15, -0.1) is 0 Å². The summed E-state index contributed by atoms with van der Waals surface area (Å²) in [4.78, 5) is 21.7. The number of aromatic nitrogens is 1. The summed E-state index contributed by atoms with van der Waals surface area (Å²) >= 11 is 6.05. The fourth-order valence-electron chi connectivity index (χ4n) is 6.51. The topological polar surface area (TPSA) is 65.9 Å². The third-order valence-corrected chi connectivity index (χ3v) is 8.66. The van der Waals surface area contributed by atoms with Crippen molar-refractivity contribution in [3.05, 3.63) is 54.2 Å². The molecule has 0 spiro atoms. The van der Waals surface area contributed by atoms with E-state index in [4.69, 9.17) is 17.0 Å². The van der Waals surface area contributed by atoms with E-state index in [1.165, 1.54) is 32.1 Å². The molecule has 4 heterocycles. The number of hydrogen-bond donors (Lipinski definition) is 1. The fraction of sp³-hybridized carbons (Fsp3) is 0.519. The van der Waals surface area contributed by atoms with Crippen molar-refractivity contribution >= 4 is 23.3 Å². The van der Waals surface area contributed by atoms with Gasteiger partial charge in [0.1, 0.15) is 6.10 Å². The lowest BCUT2D eigenvalue weighted by molar-refractivity contribution is -0.199. The SMILES string of the molecule is O=C1OC2C(O)CC1C1C2N(Cc2ccc(-c3ccccn3)cc2)C(=S)N1CC1CCCCC1. The Bertz CT molecular complexity index is 1060. The number of ether oxygens (including phenoxy) is 1. The summed E-state index contributed by atoms with van der Waals surface area (Å²) in [7, 11) is 0. The first-order chi connectivity index (χ1) is 16.6. The smallest absolute Gasteiger partial charge is 0.311 e. The van der Waals surface area contributed by atoms with E-state index in [0.29, 0.717) is 18.9 Å². The number of carbonyl (C=O) groups is 1. The number of aliphatic hydroxyl groups is 1. The van der Waals surface area contributed by atoms with Gasteiger partial charge >= 0.3 is 5.97 Å². The van der Waals surface area contributed by atoms with E-state index in [1.807, 2.05) is 18.2 Å². The third kappa shape index (κ3) is 3.79. The summed E-state index contributed by atoms with van der Waals surface area (Å²) in [5.41, 5.74) is 3.16. The van der Waals surface area contributed by atoms with Crippen molar-refractivity contribution in [2.24, 2.45) is 11.8 Å². The molecule has 5 atom stereocenters. The predicted octanol–water partition coefficient (Wildman–Crippen LogP) is 3.77. The number of thiocarbonyl (C=S) groups is 1. The molecule has 5 aliphatic rings. The van der Waals surface area contributed by atoms with Gasteiger partial charge in [-0.05, 0) is 55.1 Å². The van der Waals surface area contributed by atoms with E-state index >= 15 is 0 Å². The maximum atomic E-state index is 12.7. The number of rotatable bonds is 5. The molecule has 5 fully saturated rings. The Morgan fingerprint density at radius 3 is 2.56 bits per heavy atom. The van der Waals surface area contributed by atoms with Crippen molar-refractivity contribution in [1.29, 1.82) is 0 Å². The number of aliphatic hydroxyl groups excluding tert-OH is 1. The van der Waals surface area contributed by atoms with Gasteiger partial charge in [0.2, 0.25) is 0 Å². The Balaban J connectivity index is 1.27. The lowest BCUT2D eigenvalue weighted by Crippen LogP contribution is -2.66. The minimum atomic E-state index is -0.629. The van der Waals surface area contributed by atoms with Crippen LogP contribution in [0.25, 0.3) is 11.3 Å². The lowest BCUT2D eigenvalue weighted by Gasteiger charge is -2.49. The largest absolute Gasteiger partial charge is 0.457 e. The summed E-state index contributed by atoms with van der Waals surface area (Å²) in [5, 5.41) is 11.5. The van der Waals surface area contributed by atoms with Gasteiger partial charge in [0.05, 0.1) is 29.8 Å². The summed E-state index contributed by atoms with van der Waals surface area (Å²) < 4.78 is 5.72. The van der Waals surface area contributed by atoms with Crippen LogP contribution in [0, 0.1) is 11.8 Å². The van der Waals surface area contributed by atoms with Crippen LogP contribution in [0.5, 0.6) is 0 Å². The van der Waals surface area contributed by atoms with E-state index in [9.17, 15) is 9.90 Å². The maximum Gasteiger partial charge on any atom is 0.311 e. The van der Waals surface area contributed by atoms with E-state index in [-0.39, 0.29) is 24.0 Å². The molecule has 2 aromatic rings. The highest BCUT2D eigenvalue weighted by molar-refractivity contribution is 7.80. The fourth-order valence-corrected chi connectivity index (χ4v) is 6.90. The third-order valence-electron chi connectivity index (χ3n) is 8.19. The monoisotopic (exact) mass is 477 g/mol. The Hall–Kier alpha value is -2.51. The van der Waals surface area contributed by atoms with Crippen LogP contribution in [0.4, 0.5) is 0 Å². The predicted molar refractivity (Wildman–Crippen MR) is 133 cm³/mol. The van der Waals surface area contributed by atoms with Crippen LogP contribution in [0.3, 0.4) is 0 Å². The molecule has 3 aliphatic heterocycles. The molecule has 34 heavy (non-hydrogen) atoms. The Labute approximate surface area is 205 Å². The molecule has 0 amide bonds. The summed E-state index contributed by atoms with van der Waals surface area (Å²) in [6.07, 6.45) is 7.45. The number of fused-ring (bicyclic) bond motifs is 2. The maximum absolute atomic E-state index is 12.7. The summed E-state index contributed by atoms with van der Waals surface area (Å²) in [6, 6.07) is 14.2. The van der Waals surface area contributed by atoms with Crippen molar-refractivity contribution < 1.29 is 14.6 Å². The lowest BCUT2D eigenvalue weighted by atomic mass is 9.74. The van der Waals surface area contributed by atoms with Crippen molar-refractivity contribution in [2.45, 2.75) is 69.4 Å². The van der Waals surface area contributed by atoms with Gasteiger partial charge in [-0.3, -0.25) is 9.78 Å². The average Bonchev–Trinajstić information content (AvgIpc) is 3.14. The molecule has 1 aromatic heterocycles. The van der Waals surface area contributed by atoms with E-state index in [1.54, 1.807) is 6.20 Å². The van der Waals surface area contributed by atoms with E-state index in [2.05, 4.69) is 39.0 Å². The Morgan fingerprint density at radius 1 is 1.03 bits per heavy atom. The zero-order chi connectivity index (χ0) is 23.2. The Kier molecular flexibility index (Phi) is 5.77. The minimum absolute atomic E-state index is 0.00290. The molecule has 5 unspecified atom stereocenters. The summed E-state index contributed by atoms with van der Waals surface area (Å²) in [5.74, 6) is 0.129. The van der Waals surface area contributed by atoms with Gasteiger partial charge in [0, 0.05) is 24.8 Å². The first kappa shape index (κ1) is 22.0. The van der Waals surface area contributed by atoms with Gasteiger partial charge in [-0.1, -0.05) is 49.6 Å². The van der Waals surface area contributed by atoms with Crippen LogP contribution < -0.4 is 0 Å². The molecular weight excluding hydrogens is 446 g/mol. The quantitative estimate of drug-likeness (QED) is 0.519. The van der Waals surface area contributed by atoms with Gasteiger partial charge in [0.15, 0.2) is 5.11 Å². The zero-order valence-corrected chi connectivity index (χ0v) is 20.1. The second kappa shape index (κ2) is 8.93. The minimum Gasteiger partial charge on any atom is -0.457 e. The van der Waals surface area contributed by atoms with Crippen LogP contribution in [-0.4, -0.2) is 61.8 Å². The molecule has 1 aromatic carbocycles. The molecule has 1 N–H and O–H groups in total. The van der Waals surface area contributed by atoms with Crippen LogP contribution in [0.2, 0.25) is 0 Å². The molecule has 7 rings (SSSR count). The molecular formula is C27H31N3O3S. The molecule has 2 bridgehead atoms. The second-order valence-electron chi connectivity index (χ2n) is 10.3. The number of benzene rings is 1. The second-order valence-corrected chi connectivity index (χ2v) is 10.6. The molecule has 178 valence electrons. The average molecular weight is 478 g/mol. The molecule has 2 saturated carbocycles. The number of hydrogen-bond acceptors (Lipinski definition) is 5. The van der Waals surface area contributed by atoms with Crippen LogP contribution in [-0.2, 0) is 16.1 Å². The highest BCUT2D eigenvalue weighted by Gasteiger charge is 2.62. The summed E-state index contributed by atoms with van der Waals surface area (Å²) in [6.45, 7) is 1.54. The van der Waals surface area contributed by atoms with Gasteiger partial charge < -0.3 is 19.6 Å². The molecule has 7 heteroatoms. The van der Waals surface area contributed by atoms with Crippen molar-refractivity contribution in [3.8, 4) is 11.3 Å². The normalized spacial score (nSPS) is 31.0. The first-order valence-electron chi connectivity index (χ1n) is 12.6. The van der Waals surface area contributed by atoms with Gasteiger partial charge in [0.25, 0.3) is 0 Å². The first-order valence-corrected chi connectivity index (χ1v) is 13.0. The zero-order valence-electron chi connectivity index (χ0n) is 19.3. The molecule has 3 saturated heterocycles. The van der Waals surface area contributed by atoms with E-state index in [0.717, 1.165) is 28.5 Å². The van der Waals surface area contributed by atoms with Crippen LogP contribution >= 0.6 is 12.2 Å². The van der Waals surface area contributed by atoms with Crippen molar-refractivity contribution in [3.63, 3.8) is 0 Å². The Morgan fingerprint density at radius 2 is 1.82 bits per heavy atom. The number of esters is 1. The highest BCUT2D eigenvalue weighted by Crippen LogP contribution is 2.45. The number of nitrogens with zero attached hydrogens (tertiary/aromatic N) is 3.